The largest absolute Gasteiger partial charge is 0.345 e. The number of nitrogens with one attached hydrogen (secondary N) is 2. The first-order valence-electron chi connectivity index (χ1n) is 8.21. The number of carbonyl (C=O) groups excluding carboxylic acids is 2. The van der Waals surface area contributed by atoms with Crippen LogP contribution in [0.25, 0.3) is 0 Å². The third-order valence-electron chi connectivity index (χ3n) is 4.19. The van der Waals surface area contributed by atoms with E-state index in [0.29, 0.717) is 16.8 Å². The zero-order chi connectivity index (χ0) is 18.8. The lowest BCUT2D eigenvalue weighted by molar-refractivity contribution is -0.117. The maximum Gasteiger partial charge on any atom is 0.251 e. The Hall–Kier alpha value is -2.11. The molecule has 1 unspecified atom stereocenters. The zero-order valence-corrected chi connectivity index (χ0v) is 15.5. The summed E-state index contributed by atoms with van der Waals surface area (Å²) < 4.78 is 13.7. The van der Waals surface area contributed by atoms with Crippen molar-refractivity contribution in [2.24, 2.45) is 5.92 Å². The van der Waals surface area contributed by atoms with E-state index in [-0.39, 0.29) is 27.8 Å². The maximum absolute atomic E-state index is 13.7. The van der Waals surface area contributed by atoms with Crippen LogP contribution >= 0.6 is 23.2 Å². The van der Waals surface area contributed by atoms with Crippen LogP contribution in [0.3, 0.4) is 0 Å². The van der Waals surface area contributed by atoms with E-state index in [2.05, 4.69) is 10.6 Å². The summed E-state index contributed by atoms with van der Waals surface area (Å²) in [5, 5.41) is 5.77. The summed E-state index contributed by atoms with van der Waals surface area (Å²) in [4.78, 5) is 24.3. The van der Waals surface area contributed by atoms with Crippen LogP contribution in [0.5, 0.6) is 0 Å². The molecule has 0 aromatic heterocycles. The van der Waals surface area contributed by atoms with Gasteiger partial charge in [-0.2, -0.15) is 0 Å². The summed E-state index contributed by atoms with van der Waals surface area (Å²) in [6.07, 6.45) is 1.81. The van der Waals surface area contributed by atoms with Crippen molar-refractivity contribution in [3.63, 3.8) is 0 Å². The molecule has 1 fully saturated rings. The van der Waals surface area contributed by atoms with Gasteiger partial charge in [0.2, 0.25) is 5.91 Å². The van der Waals surface area contributed by atoms with E-state index in [1.54, 1.807) is 31.2 Å². The molecule has 1 aliphatic rings. The fourth-order valence-corrected chi connectivity index (χ4v) is 3.10. The summed E-state index contributed by atoms with van der Waals surface area (Å²) >= 11 is 11.8. The van der Waals surface area contributed by atoms with E-state index in [1.807, 2.05) is 0 Å². The minimum Gasteiger partial charge on any atom is -0.345 e. The Morgan fingerprint density at radius 2 is 1.88 bits per heavy atom. The third kappa shape index (κ3) is 4.34. The SMILES string of the molecule is CC(NC(=O)c1cccc(NC(=O)C2CC2)c1)c1cc(F)c(Cl)cc1Cl. The Kier molecular flexibility index (Phi) is 5.49. The second-order valence-electron chi connectivity index (χ2n) is 6.33. The van der Waals surface area contributed by atoms with Gasteiger partial charge in [-0.15, -0.1) is 0 Å². The summed E-state index contributed by atoms with van der Waals surface area (Å²) in [6.45, 7) is 1.70. The molecule has 3 rings (SSSR count). The van der Waals surface area contributed by atoms with Crippen molar-refractivity contribution in [3.05, 3.63) is 63.4 Å². The normalized spacial score (nSPS) is 14.6. The third-order valence-corrected chi connectivity index (χ3v) is 4.81. The standard InChI is InChI=1S/C19H17Cl2FN2O2/c1-10(14-8-17(22)16(21)9-15(14)20)23-19(26)12-3-2-4-13(7-12)24-18(25)11-5-6-11/h2-4,7-11H,5-6H2,1H3,(H,23,26)(H,24,25). The van der Waals surface area contributed by atoms with Crippen LogP contribution in [0.4, 0.5) is 10.1 Å². The monoisotopic (exact) mass is 394 g/mol. The van der Waals surface area contributed by atoms with Crippen molar-refractivity contribution in [1.82, 2.24) is 5.32 Å². The van der Waals surface area contributed by atoms with Crippen LogP contribution in [-0.4, -0.2) is 11.8 Å². The Labute approximate surface area is 160 Å². The van der Waals surface area contributed by atoms with Crippen molar-refractivity contribution in [1.29, 1.82) is 0 Å². The minimum atomic E-state index is -0.600. The molecular formula is C19H17Cl2FN2O2. The summed E-state index contributed by atoms with van der Waals surface area (Å²) in [5.74, 6) is -0.905. The van der Waals surface area contributed by atoms with Crippen LogP contribution < -0.4 is 10.6 Å². The van der Waals surface area contributed by atoms with Crippen LogP contribution in [-0.2, 0) is 4.79 Å². The molecule has 2 N–H and O–H groups in total. The molecule has 1 atom stereocenters. The van der Waals surface area contributed by atoms with Gasteiger partial charge < -0.3 is 10.6 Å². The van der Waals surface area contributed by atoms with Gasteiger partial charge in [0.15, 0.2) is 0 Å². The molecular weight excluding hydrogens is 378 g/mol. The van der Waals surface area contributed by atoms with E-state index in [0.717, 1.165) is 12.8 Å². The predicted octanol–water partition coefficient (Wildman–Crippen LogP) is 4.97. The van der Waals surface area contributed by atoms with E-state index >= 15 is 0 Å². The van der Waals surface area contributed by atoms with Crippen molar-refractivity contribution < 1.29 is 14.0 Å². The first kappa shape index (κ1) is 18.7. The minimum absolute atomic E-state index is 0.0284. The number of carbonyl (C=O) groups is 2. The smallest absolute Gasteiger partial charge is 0.251 e. The van der Waals surface area contributed by atoms with Gasteiger partial charge in [0.25, 0.3) is 5.91 Å². The van der Waals surface area contributed by atoms with Gasteiger partial charge in [0, 0.05) is 22.2 Å². The molecule has 0 saturated heterocycles. The Morgan fingerprint density at radius 1 is 1.15 bits per heavy atom. The summed E-state index contributed by atoms with van der Waals surface area (Å²) in [5.41, 5.74) is 1.38. The topological polar surface area (TPSA) is 58.2 Å². The van der Waals surface area contributed by atoms with Crippen LogP contribution in [0, 0.1) is 11.7 Å². The van der Waals surface area contributed by atoms with E-state index in [1.165, 1.54) is 12.1 Å². The number of benzene rings is 2. The van der Waals surface area contributed by atoms with Crippen molar-refractivity contribution >= 4 is 40.7 Å². The van der Waals surface area contributed by atoms with Crippen LogP contribution in [0.15, 0.2) is 36.4 Å². The number of rotatable bonds is 5. The maximum atomic E-state index is 13.7. The molecule has 0 aliphatic heterocycles. The van der Waals surface area contributed by atoms with Gasteiger partial charge in [-0.25, -0.2) is 4.39 Å². The first-order chi connectivity index (χ1) is 12.3. The number of amides is 2. The molecule has 4 nitrogen and oxygen atoms in total. The molecule has 2 aromatic rings. The van der Waals surface area contributed by atoms with Gasteiger partial charge in [-0.05, 0) is 55.7 Å². The van der Waals surface area contributed by atoms with Gasteiger partial charge >= 0.3 is 0 Å². The van der Waals surface area contributed by atoms with Crippen molar-refractivity contribution in [2.45, 2.75) is 25.8 Å². The Morgan fingerprint density at radius 3 is 2.58 bits per heavy atom. The number of hydrogen-bond acceptors (Lipinski definition) is 2. The molecule has 2 aromatic carbocycles. The molecule has 0 heterocycles. The first-order valence-corrected chi connectivity index (χ1v) is 8.97. The average Bonchev–Trinajstić information content (AvgIpc) is 3.43. The lowest BCUT2D eigenvalue weighted by Crippen LogP contribution is -2.27. The lowest BCUT2D eigenvalue weighted by atomic mass is 10.1. The molecule has 0 radical (unpaired) electrons. The molecule has 136 valence electrons. The Balaban J connectivity index is 1.71. The highest BCUT2D eigenvalue weighted by Crippen LogP contribution is 2.31. The van der Waals surface area contributed by atoms with Crippen molar-refractivity contribution in [3.8, 4) is 0 Å². The second-order valence-corrected chi connectivity index (χ2v) is 7.14. The summed E-state index contributed by atoms with van der Waals surface area (Å²) in [7, 11) is 0. The fraction of sp³-hybridized carbons (Fsp3) is 0.263. The number of anilines is 1. The van der Waals surface area contributed by atoms with Gasteiger partial charge in [-0.3, -0.25) is 9.59 Å². The number of halogens is 3. The van der Waals surface area contributed by atoms with E-state index in [4.69, 9.17) is 23.2 Å². The van der Waals surface area contributed by atoms with Gasteiger partial charge in [0.1, 0.15) is 5.82 Å². The Bertz CT molecular complexity index is 869. The van der Waals surface area contributed by atoms with Crippen LogP contribution in [0.2, 0.25) is 10.0 Å². The van der Waals surface area contributed by atoms with E-state index in [9.17, 15) is 14.0 Å². The van der Waals surface area contributed by atoms with Gasteiger partial charge in [-0.1, -0.05) is 29.3 Å². The molecule has 0 bridgehead atoms. The average molecular weight is 395 g/mol. The fourth-order valence-electron chi connectivity index (χ4n) is 2.56. The van der Waals surface area contributed by atoms with Crippen LogP contribution in [0.1, 0.15) is 41.7 Å². The zero-order valence-electron chi connectivity index (χ0n) is 14.0. The quantitative estimate of drug-likeness (QED) is 0.703. The van der Waals surface area contributed by atoms with Crippen molar-refractivity contribution in [2.75, 3.05) is 5.32 Å². The highest BCUT2D eigenvalue weighted by molar-refractivity contribution is 6.35. The molecule has 7 heteroatoms. The van der Waals surface area contributed by atoms with Gasteiger partial charge in [0.05, 0.1) is 11.1 Å². The molecule has 1 saturated carbocycles. The lowest BCUT2D eigenvalue weighted by Gasteiger charge is -2.17. The molecule has 2 amide bonds. The molecule has 1 aliphatic carbocycles. The second kappa shape index (κ2) is 7.64. The molecule has 26 heavy (non-hydrogen) atoms. The van der Waals surface area contributed by atoms with E-state index < -0.39 is 11.9 Å². The molecule has 0 spiro atoms. The highest BCUT2D eigenvalue weighted by atomic mass is 35.5. The predicted molar refractivity (Wildman–Crippen MR) is 100 cm³/mol. The summed E-state index contributed by atoms with van der Waals surface area (Å²) in [6, 6.07) is 8.66. The number of hydrogen-bond donors (Lipinski definition) is 2. The highest BCUT2D eigenvalue weighted by Gasteiger charge is 2.29.